The zero-order chi connectivity index (χ0) is 10.0. The highest BCUT2D eigenvalue weighted by atomic mass is 19.3. The average molecular weight is 190 g/mol. The van der Waals surface area contributed by atoms with Crippen LogP contribution in [0.3, 0.4) is 0 Å². The second kappa shape index (κ2) is 3.42. The van der Waals surface area contributed by atoms with Gasteiger partial charge < -0.3 is 15.5 Å². The maximum absolute atomic E-state index is 12.2. The number of nitrogens with two attached hydrogens (primary N) is 1. The predicted molar refractivity (Wildman–Crippen MR) is 43.0 cm³/mol. The van der Waals surface area contributed by atoms with Crippen LogP contribution in [-0.2, 0) is 0 Å². The number of methoxy groups -OCH3 is 1. The summed E-state index contributed by atoms with van der Waals surface area (Å²) in [7, 11) is 1.22. The monoisotopic (exact) mass is 190 g/mol. The number of alkyl halides is 2. The lowest BCUT2D eigenvalue weighted by Gasteiger charge is -2.05. The van der Waals surface area contributed by atoms with Gasteiger partial charge in [0.15, 0.2) is 5.75 Å². The van der Waals surface area contributed by atoms with Crippen molar-refractivity contribution in [2.75, 3.05) is 12.8 Å². The third kappa shape index (κ3) is 1.77. The third-order valence-electron chi connectivity index (χ3n) is 1.52. The Kier molecular flexibility index (Phi) is 2.50. The first-order chi connectivity index (χ1) is 6.06. The molecule has 0 saturated carbocycles. The van der Waals surface area contributed by atoms with Crippen molar-refractivity contribution in [2.45, 2.75) is 6.43 Å². The summed E-state index contributed by atoms with van der Waals surface area (Å²) < 4.78 is 29.0. The Balaban J connectivity index is 3.31. The number of aromatic amines is 1. The fraction of sp³-hybridized carbons (Fsp3) is 0.286. The van der Waals surface area contributed by atoms with Gasteiger partial charge in [-0.15, -0.1) is 0 Å². The number of hydrogen-bond donors (Lipinski definition) is 2. The number of hydrogen-bond acceptors (Lipinski definition) is 3. The molecule has 0 aliphatic rings. The number of anilines is 1. The molecule has 0 aliphatic heterocycles. The minimum absolute atomic E-state index is 0.176. The molecule has 13 heavy (non-hydrogen) atoms. The van der Waals surface area contributed by atoms with Crippen molar-refractivity contribution in [3.63, 3.8) is 0 Å². The molecule has 3 N–H and O–H groups in total. The summed E-state index contributed by atoms with van der Waals surface area (Å²) in [5.41, 5.74) is 4.10. The van der Waals surface area contributed by atoms with Crippen LogP contribution < -0.4 is 16.0 Å². The summed E-state index contributed by atoms with van der Waals surface area (Å²) >= 11 is 0. The van der Waals surface area contributed by atoms with Gasteiger partial charge in [-0.05, 0) is 6.07 Å². The van der Waals surface area contributed by atoms with Gasteiger partial charge in [-0.2, -0.15) is 0 Å². The van der Waals surface area contributed by atoms with E-state index in [1.807, 2.05) is 0 Å². The second-order valence-corrected chi connectivity index (χ2v) is 2.34. The van der Waals surface area contributed by atoms with Crippen LogP contribution in [0.4, 0.5) is 14.6 Å². The molecule has 0 bridgehead atoms. The maximum atomic E-state index is 12.2. The van der Waals surface area contributed by atoms with Gasteiger partial charge in [-0.1, -0.05) is 0 Å². The number of halogens is 2. The van der Waals surface area contributed by atoms with Gasteiger partial charge >= 0.3 is 0 Å². The first kappa shape index (κ1) is 9.50. The Labute approximate surface area is 72.3 Å². The van der Waals surface area contributed by atoms with Crippen LogP contribution >= 0.6 is 0 Å². The quantitative estimate of drug-likeness (QED) is 0.728. The molecule has 1 aromatic rings. The van der Waals surface area contributed by atoms with E-state index in [1.165, 1.54) is 7.11 Å². The van der Waals surface area contributed by atoms with Crippen molar-refractivity contribution < 1.29 is 13.5 Å². The average Bonchev–Trinajstić information content (AvgIpc) is 2.03. The molecule has 72 valence electrons. The molecule has 0 spiro atoms. The van der Waals surface area contributed by atoms with Gasteiger partial charge in [0.05, 0.1) is 12.7 Å². The van der Waals surface area contributed by atoms with Crippen molar-refractivity contribution in [1.29, 1.82) is 0 Å². The first-order valence-electron chi connectivity index (χ1n) is 3.41. The summed E-state index contributed by atoms with van der Waals surface area (Å²) in [6.45, 7) is 0. The number of nitrogen functional groups attached to an aromatic ring is 1. The minimum atomic E-state index is -2.73. The number of aromatic nitrogens is 1. The van der Waals surface area contributed by atoms with Gasteiger partial charge in [0.25, 0.3) is 12.0 Å². The zero-order valence-electron chi connectivity index (χ0n) is 6.80. The fourth-order valence-electron chi connectivity index (χ4n) is 0.873. The topological polar surface area (TPSA) is 68.1 Å². The molecule has 0 fully saturated rings. The smallest absolute Gasteiger partial charge is 0.291 e. The number of H-pyrrole nitrogens is 1. The minimum Gasteiger partial charge on any atom is -0.491 e. The van der Waals surface area contributed by atoms with E-state index in [1.54, 1.807) is 0 Å². The van der Waals surface area contributed by atoms with Crippen LogP contribution in [0, 0.1) is 0 Å². The van der Waals surface area contributed by atoms with Crippen molar-refractivity contribution >= 4 is 5.82 Å². The normalized spacial score (nSPS) is 10.5. The first-order valence-corrected chi connectivity index (χ1v) is 3.41. The Morgan fingerprint density at radius 1 is 1.62 bits per heavy atom. The molecule has 1 heterocycles. The van der Waals surface area contributed by atoms with Crippen molar-refractivity contribution in [3.05, 3.63) is 22.0 Å². The zero-order valence-corrected chi connectivity index (χ0v) is 6.80. The number of rotatable bonds is 2. The van der Waals surface area contributed by atoms with Gasteiger partial charge in [-0.3, -0.25) is 4.79 Å². The van der Waals surface area contributed by atoms with E-state index >= 15 is 0 Å². The van der Waals surface area contributed by atoms with Crippen LogP contribution in [0.15, 0.2) is 10.9 Å². The summed E-state index contributed by atoms with van der Waals surface area (Å²) in [5.74, 6) is -0.509. The molecule has 0 aromatic carbocycles. The molecule has 0 aliphatic carbocycles. The highest BCUT2D eigenvalue weighted by Gasteiger charge is 2.14. The molecular weight excluding hydrogens is 182 g/mol. The van der Waals surface area contributed by atoms with E-state index in [-0.39, 0.29) is 11.6 Å². The molecule has 0 atom stereocenters. The lowest BCUT2D eigenvalue weighted by atomic mass is 10.2. The highest BCUT2D eigenvalue weighted by Crippen LogP contribution is 2.24. The van der Waals surface area contributed by atoms with Crippen molar-refractivity contribution in [1.82, 2.24) is 4.98 Å². The Morgan fingerprint density at radius 2 is 2.23 bits per heavy atom. The standard InChI is InChI=1S/C7H8F2N2O2/c1-13-4-2-3(5(8)9)6(10)11-7(4)12/h2,5H,1H3,(H3,10,11,12). The number of ether oxygens (including phenoxy) is 1. The van der Waals surface area contributed by atoms with Crippen LogP contribution in [-0.4, -0.2) is 12.1 Å². The van der Waals surface area contributed by atoms with Crippen molar-refractivity contribution in [3.8, 4) is 5.75 Å². The lowest BCUT2D eigenvalue weighted by molar-refractivity contribution is 0.151. The molecule has 0 unspecified atom stereocenters. The largest absolute Gasteiger partial charge is 0.491 e. The van der Waals surface area contributed by atoms with Gasteiger partial charge in [0.2, 0.25) is 0 Å². The molecule has 4 nitrogen and oxygen atoms in total. The molecule has 1 aromatic heterocycles. The summed E-state index contributed by atoms with van der Waals surface area (Å²) in [5, 5.41) is 0. The van der Waals surface area contributed by atoms with Crippen LogP contribution in [0.5, 0.6) is 5.75 Å². The molecule has 0 radical (unpaired) electrons. The van der Waals surface area contributed by atoms with Crippen LogP contribution in [0.25, 0.3) is 0 Å². The number of nitrogens with one attached hydrogen (secondary N) is 1. The van der Waals surface area contributed by atoms with Gasteiger partial charge in [-0.25, -0.2) is 8.78 Å². The molecule has 0 saturated heterocycles. The molecule has 1 rings (SSSR count). The third-order valence-corrected chi connectivity index (χ3v) is 1.52. The second-order valence-electron chi connectivity index (χ2n) is 2.34. The summed E-state index contributed by atoms with van der Waals surface area (Å²) in [6.07, 6.45) is -2.73. The van der Waals surface area contributed by atoms with Crippen LogP contribution in [0.1, 0.15) is 12.0 Å². The van der Waals surface area contributed by atoms with Crippen LogP contribution in [0.2, 0.25) is 0 Å². The maximum Gasteiger partial charge on any atom is 0.291 e. The predicted octanol–water partition coefficient (Wildman–Crippen LogP) is 0.903. The van der Waals surface area contributed by atoms with Gasteiger partial charge in [0, 0.05) is 0 Å². The number of pyridine rings is 1. The van der Waals surface area contributed by atoms with E-state index in [2.05, 4.69) is 9.72 Å². The van der Waals surface area contributed by atoms with E-state index in [0.29, 0.717) is 0 Å². The lowest BCUT2D eigenvalue weighted by Crippen LogP contribution is -2.13. The van der Waals surface area contributed by atoms with E-state index in [0.717, 1.165) is 6.07 Å². The van der Waals surface area contributed by atoms with E-state index in [9.17, 15) is 13.6 Å². The summed E-state index contributed by atoms with van der Waals surface area (Å²) in [6, 6.07) is 0.929. The molecule has 6 heteroatoms. The van der Waals surface area contributed by atoms with Crippen molar-refractivity contribution in [2.24, 2.45) is 0 Å². The van der Waals surface area contributed by atoms with Gasteiger partial charge in [0.1, 0.15) is 5.82 Å². The molecular formula is C7H8F2N2O2. The van der Waals surface area contributed by atoms with E-state index < -0.39 is 17.5 Å². The summed E-state index contributed by atoms with van der Waals surface area (Å²) in [4.78, 5) is 13.0. The fourth-order valence-corrected chi connectivity index (χ4v) is 0.873. The molecule has 0 amide bonds. The SMILES string of the molecule is COc1cc(C(F)F)c(N)[nH]c1=O. The highest BCUT2D eigenvalue weighted by molar-refractivity contribution is 5.43. The Hall–Kier alpha value is -1.59. The Bertz CT molecular complexity index is 362. The van der Waals surface area contributed by atoms with E-state index in [4.69, 9.17) is 5.73 Å². The Morgan fingerprint density at radius 3 is 2.69 bits per heavy atom.